The molecule has 0 saturated heterocycles. The molecule has 3 aromatic rings. The van der Waals surface area contributed by atoms with Crippen LogP contribution in [0.15, 0.2) is 77.7 Å². The maximum absolute atomic E-state index is 13.0. The van der Waals surface area contributed by atoms with Crippen molar-refractivity contribution >= 4 is 63.7 Å². The Balaban J connectivity index is 1.62. The molecule has 0 aliphatic rings. The maximum atomic E-state index is 13.0. The summed E-state index contributed by atoms with van der Waals surface area (Å²) in [6, 6.07) is 19.5. The Morgan fingerprint density at radius 2 is 1.61 bits per heavy atom. The molecule has 0 bridgehead atoms. The van der Waals surface area contributed by atoms with Crippen molar-refractivity contribution in [3.63, 3.8) is 0 Å². The lowest BCUT2D eigenvalue weighted by atomic mass is 10.2. The molecule has 3 aromatic carbocycles. The van der Waals surface area contributed by atoms with E-state index in [0.29, 0.717) is 5.11 Å². The van der Waals surface area contributed by atoms with Crippen molar-refractivity contribution in [3.05, 3.63) is 83.4 Å². The van der Waals surface area contributed by atoms with Crippen LogP contribution >= 0.6 is 35.6 Å². The van der Waals surface area contributed by atoms with E-state index in [9.17, 15) is 18.0 Å². The Morgan fingerprint density at radius 3 is 2.30 bits per heavy atom. The minimum atomic E-state index is -4.53. The van der Waals surface area contributed by atoms with Crippen LogP contribution in [0.5, 0.6) is 0 Å². The van der Waals surface area contributed by atoms with Crippen LogP contribution in [0.4, 0.5) is 30.2 Å². The number of carbonyl (C=O) groups is 1. The third-order valence-corrected chi connectivity index (χ3v) is 5.98. The first-order valence-electron chi connectivity index (χ1n) is 9.69. The number of carbonyl (C=O) groups excluding carboxylic acids is 1. The van der Waals surface area contributed by atoms with E-state index >= 15 is 0 Å². The third-order valence-electron chi connectivity index (χ3n) is 4.36. The van der Waals surface area contributed by atoms with Gasteiger partial charge in [-0.1, -0.05) is 35.9 Å². The van der Waals surface area contributed by atoms with Crippen LogP contribution in [0, 0.1) is 0 Å². The number of anilines is 3. The van der Waals surface area contributed by atoms with Crippen molar-refractivity contribution in [1.82, 2.24) is 0 Å². The minimum Gasteiger partial charge on any atom is -0.332 e. The van der Waals surface area contributed by atoms with E-state index in [1.165, 1.54) is 11.8 Å². The number of hydrogen-bond donors (Lipinski definition) is 3. The zero-order valence-corrected chi connectivity index (χ0v) is 19.6. The van der Waals surface area contributed by atoms with E-state index in [1.807, 2.05) is 54.6 Å². The summed E-state index contributed by atoms with van der Waals surface area (Å²) in [5, 5.41) is 8.48. The van der Waals surface area contributed by atoms with Crippen LogP contribution in [0.25, 0.3) is 0 Å². The molecule has 0 spiro atoms. The van der Waals surface area contributed by atoms with Crippen LogP contribution in [0.1, 0.15) is 12.5 Å². The second-order valence-corrected chi connectivity index (χ2v) is 9.14. The Labute approximate surface area is 203 Å². The summed E-state index contributed by atoms with van der Waals surface area (Å²) in [7, 11) is 0. The van der Waals surface area contributed by atoms with Gasteiger partial charge in [-0.3, -0.25) is 4.79 Å². The summed E-state index contributed by atoms with van der Waals surface area (Å²) in [6.07, 6.45) is -4.53. The summed E-state index contributed by atoms with van der Waals surface area (Å²) in [6.45, 7) is 1.66. The van der Waals surface area contributed by atoms with E-state index in [2.05, 4.69) is 16.0 Å². The highest BCUT2D eigenvalue weighted by Gasteiger charge is 2.31. The SMILES string of the molecule is CC(Sc1cccc(NC(=S)Nc2ccccc2)c1)C(=O)Nc1cc(C(F)(F)F)ccc1Cl. The van der Waals surface area contributed by atoms with Gasteiger partial charge in [-0.25, -0.2) is 0 Å². The molecule has 172 valence electrons. The number of amides is 1. The summed E-state index contributed by atoms with van der Waals surface area (Å²) in [4.78, 5) is 13.4. The molecule has 0 radical (unpaired) electrons. The minimum absolute atomic E-state index is 0.0270. The van der Waals surface area contributed by atoms with Crippen LogP contribution in [0.2, 0.25) is 5.02 Å². The fraction of sp³-hybridized carbons (Fsp3) is 0.130. The maximum Gasteiger partial charge on any atom is 0.416 e. The molecule has 3 rings (SSSR count). The molecule has 4 nitrogen and oxygen atoms in total. The lowest BCUT2D eigenvalue weighted by Crippen LogP contribution is -2.23. The first kappa shape index (κ1) is 24.9. The third kappa shape index (κ3) is 7.38. The van der Waals surface area contributed by atoms with Crippen molar-refractivity contribution in [1.29, 1.82) is 0 Å². The average molecular weight is 510 g/mol. The van der Waals surface area contributed by atoms with Gasteiger partial charge in [-0.05, 0) is 67.7 Å². The van der Waals surface area contributed by atoms with E-state index in [1.54, 1.807) is 6.92 Å². The molecule has 0 aliphatic heterocycles. The van der Waals surface area contributed by atoms with Crippen molar-refractivity contribution < 1.29 is 18.0 Å². The second-order valence-electron chi connectivity index (χ2n) is 6.91. The fourth-order valence-electron chi connectivity index (χ4n) is 2.75. The van der Waals surface area contributed by atoms with Crippen LogP contribution in [-0.4, -0.2) is 16.3 Å². The van der Waals surface area contributed by atoms with Gasteiger partial charge < -0.3 is 16.0 Å². The molecule has 10 heteroatoms. The van der Waals surface area contributed by atoms with E-state index in [0.717, 1.165) is 34.5 Å². The van der Waals surface area contributed by atoms with Crippen LogP contribution in [0.3, 0.4) is 0 Å². The second kappa shape index (κ2) is 10.9. The fourth-order valence-corrected chi connectivity index (χ4v) is 4.08. The molecule has 1 atom stereocenters. The van der Waals surface area contributed by atoms with Gasteiger partial charge in [-0.2, -0.15) is 13.2 Å². The van der Waals surface area contributed by atoms with Crippen molar-refractivity contribution in [3.8, 4) is 0 Å². The van der Waals surface area contributed by atoms with Crippen molar-refractivity contribution in [2.24, 2.45) is 0 Å². The summed E-state index contributed by atoms with van der Waals surface area (Å²) in [5.41, 5.74) is 0.596. The molecule has 0 aliphatic carbocycles. The Hall–Kier alpha value is -2.75. The van der Waals surface area contributed by atoms with Gasteiger partial charge in [0.05, 0.1) is 21.5 Å². The quantitative estimate of drug-likeness (QED) is 0.241. The Morgan fingerprint density at radius 1 is 0.939 bits per heavy atom. The van der Waals surface area contributed by atoms with Gasteiger partial charge >= 0.3 is 6.18 Å². The normalized spacial score (nSPS) is 12.0. The summed E-state index contributed by atoms with van der Waals surface area (Å²) >= 11 is 12.5. The van der Waals surface area contributed by atoms with Gasteiger partial charge in [0.25, 0.3) is 0 Å². The van der Waals surface area contributed by atoms with Gasteiger partial charge in [0, 0.05) is 16.3 Å². The molecule has 0 heterocycles. The highest BCUT2D eigenvalue weighted by molar-refractivity contribution is 8.00. The zero-order valence-electron chi connectivity index (χ0n) is 17.2. The number of thiocarbonyl (C=S) groups is 1. The molecular weight excluding hydrogens is 491 g/mol. The van der Waals surface area contributed by atoms with Crippen LogP contribution in [-0.2, 0) is 11.0 Å². The molecule has 0 fully saturated rings. The van der Waals surface area contributed by atoms with Gasteiger partial charge in [0.1, 0.15) is 0 Å². The van der Waals surface area contributed by atoms with E-state index < -0.39 is 22.9 Å². The highest BCUT2D eigenvalue weighted by atomic mass is 35.5. The molecule has 1 amide bonds. The first-order chi connectivity index (χ1) is 15.6. The van der Waals surface area contributed by atoms with Gasteiger partial charge in [0.2, 0.25) is 5.91 Å². The number of thioether (sulfide) groups is 1. The van der Waals surface area contributed by atoms with Gasteiger partial charge in [0.15, 0.2) is 5.11 Å². The summed E-state index contributed by atoms with van der Waals surface area (Å²) < 4.78 is 38.9. The monoisotopic (exact) mass is 509 g/mol. The smallest absolute Gasteiger partial charge is 0.332 e. The Bertz CT molecular complexity index is 1140. The average Bonchev–Trinajstić information content (AvgIpc) is 2.75. The molecule has 0 aromatic heterocycles. The lowest BCUT2D eigenvalue weighted by Gasteiger charge is -2.15. The molecule has 0 saturated carbocycles. The molecule has 33 heavy (non-hydrogen) atoms. The van der Waals surface area contributed by atoms with Gasteiger partial charge in [-0.15, -0.1) is 11.8 Å². The highest BCUT2D eigenvalue weighted by Crippen LogP contribution is 2.34. The van der Waals surface area contributed by atoms with E-state index in [4.69, 9.17) is 23.8 Å². The number of alkyl halides is 3. The number of nitrogens with one attached hydrogen (secondary N) is 3. The van der Waals surface area contributed by atoms with E-state index in [-0.39, 0.29) is 10.7 Å². The topological polar surface area (TPSA) is 53.2 Å². The number of hydrogen-bond acceptors (Lipinski definition) is 3. The predicted octanol–water partition coefficient (Wildman–Crippen LogP) is 7.29. The standard InChI is InChI=1S/C23H19ClF3N3OS2/c1-14(21(31)30-20-12-15(23(25,26)27)10-11-19(20)24)33-18-9-5-8-17(13-18)29-22(32)28-16-6-3-2-4-7-16/h2-14H,1H3,(H,30,31)(H2,28,29,32). The molecule has 1 unspecified atom stereocenters. The molecular formula is C23H19ClF3N3OS2. The predicted molar refractivity (Wildman–Crippen MR) is 133 cm³/mol. The van der Waals surface area contributed by atoms with Crippen molar-refractivity contribution in [2.75, 3.05) is 16.0 Å². The number of benzene rings is 3. The van der Waals surface area contributed by atoms with Crippen LogP contribution < -0.4 is 16.0 Å². The van der Waals surface area contributed by atoms with Crippen molar-refractivity contribution in [2.45, 2.75) is 23.2 Å². The lowest BCUT2D eigenvalue weighted by molar-refractivity contribution is -0.137. The first-order valence-corrected chi connectivity index (χ1v) is 11.4. The number of rotatable bonds is 6. The number of para-hydroxylation sites is 1. The largest absolute Gasteiger partial charge is 0.416 e. The summed E-state index contributed by atoms with van der Waals surface area (Å²) in [5.74, 6) is -0.471. The Kier molecular flexibility index (Phi) is 8.23. The number of halogens is 4. The molecule has 3 N–H and O–H groups in total. The zero-order chi connectivity index (χ0) is 24.0.